The van der Waals surface area contributed by atoms with Gasteiger partial charge in [-0.05, 0) is 42.5 Å². The SMILES string of the molecule is COc1ccc(C(=O)[C@H]2C(c3cccc(OC)c3OC)=NO[C@]23C(=O)Nc2ccccc23)cc1. The Hall–Kier alpha value is -4.33. The molecule has 8 nitrogen and oxygen atoms in total. The number of rotatable bonds is 6. The molecule has 2 atom stereocenters. The van der Waals surface area contributed by atoms with Crippen molar-refractivity contribution >= 4 is 23.1 Å². The number of ether oxygens (including phenoxy) is 3. The smallest absolute Gasteiger partial charge is 0.277 e. The molecule has 5 rings (SSSR count). The van der Waals surface area contributed by atoms with Gasteiger partial charge >= 0.3 is 0 Å². The Morgan fingerprint density at radius 3 is 2.41 bits per heavy atom. The summed E-state index contributed by atoms with van der Waals surface area (Å²) in [6.45, 7) is 0. The molecule has 0 bridgehead atoms. The topological polar surface area (TPSA) is 95.5 Å². The average Bonchev–Trinajstić information content (AvgIpc) is 3.41. The average molecular weight is 458 g/mol. The lowest BCUT2D eigenvalue weighted by Crippen LogP contribution is -2.46. The van der Waals surface area contributed by atoms with Crippen LogP contribution in [0.4, 0.5) is 5.69 Å². The number of benzene rings is 3. The Morgan fingerprint density at radius 2 is 1.71 bits per heavy atom. The minimum Gasteiger partial charge on any atom is -0.497 e. The highest BCUT2D eigenvalue weighted by atomic mass is 16.7. The minimum atomic E-state index is -1.66. The highest BCUT2D eigenvalue weighted by molar-refractivity contribution is 6.25. The Kier molecular flexibility index (Phi) is 5.20. The molecular weight excluding hydrogens is 436 g/mol. The molecule has 0 unspecified atom stereocenters. The van der Waals surface area contributed by atoms with Gasteiger partial charge < -0.3 is 24.4 Å². The summed E-state index contributed by atoms with van der Waals surface area (Å²) in [4.78, 5) is 33.4. The fourth-order valence-corrected chi connectivity index (χ4v) is 4.57. The Balaban J connectivity index is 1.71. The van der Waals surface area contributed by atoms with Crippen molar-refractivity contribution in [3.63, 3.8) is 0 Å². The number of hydrogen-bond donors (Lipinski definition) is 1. The molecule has 3 aromatic carbocycles. The zero-order chi connectivity index (χ0) is 23.9. The quantitative estimate of drug-likeness (QED) is 0.565. The fraction of sp³-hybridized carbons (Fsp3) is 0.192. The van der Waals surface area contributed by atoms with Gasteiger partial charge in [0.05, 0.1) is 21.3 Å². The van der Waals surface area contributed by atoms with Gasteiger partial charge in [0.25, 0.3) is 11.5 Å². The summed E-state index contributed by atoms with van der Waals surface area (Å²) in [6, 6.07) is 19.1. The highest BCUT2D eigenvalue weighted by Gasteiger charge is 2.63. The zero-order valence-electron chi connectivity index (χ0n) is 18.8. The van der Waals surface area contributed by atoms with Crippen LogP contribution in [-0.2, 0) is 15.2 Å². The van der Waals surface area contributed by atoms with Gasteiger partial charge in [-0.1, -0.05) is 29.4 Å². The van der Waals surface area contributed by atoms with Crippen molar-refractivity contribution in [1.29, 1.82) is 0 Å². The number of carbonyl (C=O) groups excluding carboxylic acids is 2. The number of methoxy groups -OCH3 is 3. The van der Waals surface area contributed by atoms with Crippen molar-refractivity contribution < 1.29 is 28.6 Å². The van der Waals surface area contributed by atoms with Gasteiger partial charge in [-0.15, -0.1) is 0 Å². The second-order valence-corrected chi connectivity index (χ2v) is 7.87. The standard InChI is InChI=1S/C26H22N2O6/c1-31-16-13-11-15(12-14-16)23(29)21-22(17-7-6-10-20(32-2)24(17)33-3)28-34-26(21)18-8-4-5-9-19(18)27-25(26)30/h4-14,21H,1-3H3,(H,27,30)/t21-,26+/m1/s1. The van der Waals surface area contributed by atoms with Gasteiger partial charge in [0.2, 0.25) is 0 Å². The predicted molar refractivity (Wildman–Crippen MR) is 125 cm³/mol. The van der Waals surface area contributed by atoms with E-state index < -0.39 is 17.4 Å². The third-order valence-corrected chi connectivity index (χ3v) is 6.20. The second kappa shape index (κ2) is 8.22. The number of nitrogens with one attached hydrogen (secondary N) is 1. The number of anilines is 1. The number of fused-ring (bicyclic) bond motifs is 2. The summed E-state index contributed by atoms with van der Waals surface area (Å²) >= 11 is 0. The van der Waals surface area contributed by atoms with E-state index in [1.54, 1.807) is 73.8 Å². The number of hydrogen-bond acceptors (Lipinski definition) is 7. The van der Waals surface area contributed by atoms with Crippen LogP contribution in [0.2, 0.25) is 0 Å². The minimum absolute atomic E-state index is 0.281. The number of Topliss-reactive ketones (excluding diaryl/α,β-unsaturated/α-hetero) is 1. The van der Waals surface area contributed by atoms with E-state index in [0.29, 0.717) is 39.6 Å². The lowest BCUT2D eigenvalue weighted by atomic mass is 9.74. The summed E-state index contributed by atoms with van der Waals surface area (Å²) < 4.78 is 16.3. The fourth-order valence-electron chi connectivity index (χ4n) is 4.57. The van der Waals surface area contributed by atoms with Crippen molar-refractivity contribution in [3.05, 3.63) is 83.4 Å². The highest BCUT2D eigenvalue weighted by Crippen LogP contribution is 2.51. The van der Waals surface area contributed by atoms with E-state index in [1.165, 1.54) is 14.2 Å². The van der Waals surface area contributed by atoms with Crippen molar-refractivity contribution in [3.8, 4) is 17.2 Å². The Morgan fingerprint density at radius 1 is 0.941 bits per heavy atom. The molecule has 1 amide bonds. The van der Waals surface area contributed by atoms with E-state index in [1.807, 2.05) is 0 Å². The molecule has 2 heterocycles. The first-order valence-corrected chi connectivity index (χ1v) is 10.6. The lowest BCUT2D eigenvalue weighted by Gasteiger charge is -2.27. The normalized spacial score (nSPS) is 20.3. The molecular formula is C26H22N2O6. The van der Waals surface area contributed by atoms with Crippen molar-refractivity contribution in [2.45, 2.75) is 5.60 Å². The van der Waals surface area contributed by atoms with E-state index in [-0.39, 0.29) is 11.5 Å². The summed E-state index contributed by atoms with van der Waals surface area (Å²) in [7, 11) is 4.58. The number of para-hydroxylation sites is 2. The number of oxime groups is 1. The van der Waals surface area contributed by atoms with Crippen LogP contribution >= 0.6 is 0 Å². The molecule has 1 N–H and O–H groups in total. The number of ketones is 1. The summed E-state index contributed by atoms with van der Waals surface area (Å²) in [5.41, 5.74) is 0.645. The molecule has 0 radical (unpaired) electrons. The molecule has 0 aromatic heterocycles. The second-order valence-electron chi connectivity index (χ2n) is 7.87. The molecule has 8 heteroatoms. The monoisotopic (exact) mass is 458 g/mol. The molecule has 2 aliphatic rings. The first-order chi connectivity index (χ1) is 16.5. The molecule has 2 aliphatic heterocycles. The van der Waals surface area contributed by atoms with Crippen LogP contribution in [0.1, 0.15) is 21.5 Å². The Labute approximate surface area is 196 Å². The van der Waals surface area contributed by atoms with E-state index in [4.69, 9.17) is 19.0 Å². The van der Waals surface area contributed by atoms with Gasteiger partial charge in [-0.25, -0.2) is 0 Å². The van der Waals surface area contributed by atoms with E-state index in [2.05, 4.69) is 10.5 Å². The number of carbonyl (C=O) groups is 2. The molecule has 3 aromatic rings. The van der Waals surface area contributed by atoms with Crippen molar-refractivity contribution in [2.24, 2.45) is 11.1 Å². The van der Waals surface area contributed by atoms with Gasteiger partial charge in [0.1, 0.15) is 17.4 Å². The number of amides is 1. The van der Waals surface area contributed by atoms with Crippen LogP contribution in [0.5, 0.6) is 17.2 Å². The first kappa shape index (κ1) is 21.5. The summed E-state index contributed by atoms with van der Waals surface area (Å²) in [5, 5.41) is 7.15. The van der Waals surface area contributed by atoms with Crippen LogP contribution in [0.25, 0.3) is 0 Å². The molecule has 0 saturated carbocycles. The largest absolute Gasteiger partial charge is 0.497 e. The van der Waals surface area contributed by atoms with Crippen molar-refractivity contribution in [2.75, 3.05) is 26.6 Å². The van der Waals surface area contributed by atoms with Crippen LogP contribution in [0.3, 0.4) is 0 Å². The maximum absolute atomic E-state index is 14.0. The van der Waals surface area contributed by atoms with Crippen molar-refractivity contribution in [1.82, 2.24) is 0 Å². The van der Waals surface area contributed by atoms with Gasteiger partial charge in [-0.2, -0.15) is 0 Å². The van der Waals surface area contributed by atoms with E-state index in [9.17, 15) is 9.59 Å². The maximum Gasteiger partial charge on any atom is 0.277 e. The van der Waals surface area contributed by atoms with Crippen LogP contribution in [0.15, 0.2) is 71.9 Å². The molecule has 34 heavy (non-hydrogen) atoms. The predicted octanol–water partition coefficient (Wildman–Crippen LogP) is 3.79. The summed E-state index contributed by atoms with van der Waals surface area (Å²) in [5.74, 6) is -0.386. The van der Waals surface area contributed by atoms with Crippen LogP contribution in [0, 0.1) is 5.92 Å². The molecule has 0 aliphatic carbocycles. The van der Waals surface area contributed by atoms with E-state index in [0.717, 1.165) is 0 Å². The van der Waals surface area contributed by atoms with Crippen LogP contribution in [-0.4, -0.2) is 38.7 Å². The molecule has 0 fully saturated rings. The Bertz CT molecular complexity index is 1320. The molecule has 0 saturated heterocycles. The molecule has 1 spiro atoms. The number of nitrogens with zero attached hydrogens (tertiary/aromatic N) is 1. The maximum atomic E-state index is 14.0. The zero-order valence-corrected chi connectivity index (χ0v) is 18.8. The lowest BCUT2D eigenvalue weighted by molar-refractivity contribution is -0.140. The third kappa shape index (κ3) is 3.02. The van der Waals surface area contributed by atoms with E-state index >= 15 is 0 Å². The van der Waals surface area contributed by atoms with Crippen LogP contribution < -0.4 is 19.5 Å². The van der Waals surface area contributed by atoms with Gasteiger partial charge in [0.15, 0.2) is 17.3 Å². The van der Waals surface area contributed by atoms with Gasteiger partial charge in [-0.3, -0.25) is 9.59 Å². The third-order valence-electron chi connectivity index (χ3n) is 6.20. The molecule has 172 valence electrons. The van der Waals surface area contributed by atoms with Gasteiger partial charge in [0, 0.05) is 22.4 Å². The first-order valence-electron chi connectivity index (χ1n) is 10.6. The summed E-state index contributed by atoms with van der Waals surface area (Å²) in [6.07, 6.45) is 0.